The van der Waals surface area contributed by atoms with E-state index in [1.165, 1.54) is 4.88 Å². The lowest BCUT2D eigenvalue weighted by Crippen LogP contribution is -2.19. The number of nitrogens with zero attached hydrogens (tertiary/aromatic N) is 1. The number of thiazole rings is 1. The van der Waals surface area contributed by atoms with Crippen LogP contribution in [0.5, 0.6) is 0 Å². The van der Waals surface area contributed by atoms with Gasteiger partial charge in [0, 0.05) is 30.1 Å². The van der Waals surface area contributed by atoms with Crippen LogP contribution in [0.3, 0.4) is 0 Å². The smallest absolute Gasteiger partial charge is 0.251 e. The quantitative estimate of drug-likeness (QED) is 0.889. The monoisotopic (exact) mass is 289 g/mol. The van der Waals surface area contributed by atoms with Crippen LogP contribution in [0.1, 0.15) is 39.5 Å². The molecule has 20 heavy (non-hydrogen) atoms. The van der Waals surface area contributed by atoms with E-state index in [9.17, 15) is 4.79 Å². The van der Waals surface area contributed by atoms with Crippen molar-refractivity contribution >= 4 is 17.2 Å². The summed E-state index contributed by atoms with van der Waals surface area (Å²) in [5.41, 5.74) is 4.81. The molecule has 1 atom stereocenters. The molecule has 0 aliphatic heterocycles. The van der Waals surface area contributed by atoms with Crippen LogP contribution in [0.15, 0.2) is 29.8 Å². The highest BCUT2D eigenvalue weighted by Gasteiger charge is 2.10. The lowest BCUT2D eigenvalue weighted by Gasteiger charge is -2.13. The summed E-state index contributed by atoms with van der Waals surface area (Å²) in [6, 6.07) is 7.92. The third kappa shape index (κ3) is 3.43. The maximum Gasteiger partial charge on any atom is 0.251 e. The fourth-order valence-corrected chi connectivity index (χ4v) is 2.84. The third-order valence-electron chi connectivity index (χ3n) is 3.23. The zero-order valence-corrected chi connectivity index (χ0v) is 12.8. The van der Waals surface area contributed by atoms with Crippen LogP contribution in [-0.4, -0.2) is 17.9 Å². The molecule has 1 heterocycles. The predicted octanol–water partition coefficient (Wildman–Crippen LogP) is 2.66. The largest absolute Gasteiger partial charge is 0.355 e. The van der Waals surface area contributed by atoms with Crippen molar-refractivity contribution in [1.29, 1.82) is 0 Å². The third-order valence-corrected chi connectivity index (χ3v) is 4.35. The molecular formula is C15H19N3OS. The Morgan fingerprint density at radius 2 is 2.05 bits per heavy atom. The Morgan fingerprint density at radius 1 is 1.35 bits per heavy atom. The van der Waals surface area contributed by atoms with E-state index in [-0.39, 0.29) is 11.9 Å². The lowest BCUT2D eigenvalue weighted by atomic mass is 10.1. The summed E-state index contributed by atoms with van der Waals surface area (Å²) in [5, 5.41) is 6.09. The minimum Gasteiger partial charge on any atom is -0.355 e. The first kappa shape index (κ1) is 14.7. The van der Waals surface area contributed by atoms with E-state index in [1.807, 2.05) is 36.7 Å². The first-order valence-electron chi connectivity index (χ1n) is 6.56. The van der Waals surface area contributed by atoms with E-state index < -0.39 is 0 Å². The molecule has 0 bridgehead atoms. The fraction of sp³-hybridized carbons (Fsp3) is 0.333. The maximum absolute atomic E-state index is 11.5. The van der Waals surface area contributed by atoms with Gasteiger partial charge in [-0.05, 0) is 31.5 Å². The highest BCUT2D eigenvalue weighted by Crippen LogP contribution is 2.21. The molecular weight excluding hydrogens is 270 g/mol. The maximum atomic E-state index is 11.5. The van der Waals surface area contributed by atoms with Crippen molar-refractivity contribution in [2.75, 3.05) is 7.05 Å². The molecule has 0 saturated carbocycles. The molecule has 2 aromatic rings. The van der Waals surface area contributed by atoms with Gasteiger partial charge in [0.15, 0.2) is 0 Å². The number of amides is 1. The number of rotatable bonds is 5. The van der Waals surface area contributed by atoms with Gasteiger partial charge in [0.05, 0.1) is 11.2 Å². The standard InChI is InChI=1S/C15H19N3OS/c1-10(14-11(2)18-9-20-14)17-8-12-4-6-13(7-5-12)15(19)16-3/h4-7,9-10,17H,8H2,1-3H3,(H,16,19). The Balaban J connectivity index is 1.94. The number of nitrogens with one attached hydrogen (secondary N) is 2. The minimum absolute atomic E-state index is 0.0573. The molecule has 2 rings (SSSR count). The topological polar surface area (TPSA) is 54.0 Å². The van der Waals surface area contributed by atoms with Crippen molar-refractivity contribution in [3.8, 4) is 0 Å². The van der Waals surface area contributed by atoms with Crippen LogP contribution < -0.4 is 10.6 Å². The second-order valence-electron chi connectivity index (χ2n) is 4.68. The van der Waals surface area contributed by atoms with E-state index in [2.05, 4.69) is 22.5 Å². The highest BCUT2D eigenvalue weighted by atomic mass is 32.1. The molecule has 0 aliphatic carbocycles. The molecule has 1 aromatic carbocycles. The van der Waals surface area contributed by atoms with Crippen LogP contribution in [0, 0.1) is 6.92 Å². The van der Waals surface area contributed by atoms with Crippen molar-refractivity contribution in [3.63, 3.8) is 0 Å². The van der Waals surface area contributed by atoms with Gasteiger partial charge in [0.1, 0.15) is 0 Å². The minimum atomic E-state index is -0.0573. The molecule has 106 valence electrons. The first-order valence-corrected chi connectivity index (χ1v) is 7.44. The lowest BCUT2D eigenvalue weighted by molar-refractivity contribution is 0.0963. The number of carbonyl (C=O) groups excluding carboxylic acids is 1. The van der Waals surface area contributed by atoms with Gasteiger partial charge in [-0.2, -0.15) is 0 Å². The summed E-state index contributed by atoms with van der Waals surface area (Å²) >= 11 is 1.68. The van der Waals surface area contributed by atoms with E-state index in [0.717, 1.165) is 17.8 Å². The summed E-state index contributed by atoms with van der Waals surface area (Å²) in [5.74, 6) is -0.0573. The van der Waals surface area contributed by atoms with Crippen LogP contribution in [0.2, 0.25) is 0 Å². The van der Waals surface area contributed by atoms with E-state index in [1.54, 1.807) is 18.4 Å². The number of aromatic nitrogens is 1. The van der Waals surface area contributed by atoms with Gasteiger partial charge in [-0.25, -0.2) is 4.98 Å². The molecule has 0 saturated heterocycles. The number of hydrogen-bond acceptors (Lipinski definition) is 4. The van der Waals surface area contributed by atoms with Gasteiger partial charge >= 0.3 is 0 Å². The molecule has 0 radical (unpaired) electrons. The van der Waals surface area contributed by atoms with Crippen LogP contribution in [0.4, 0.5) is 0 Å². The van der Waals surface area contributed by atoms with Gasteiger partial charge in [-0.15, -0.1) is 11.3 Å². The Bertz CT molecular complexity index is 577. The molecule has 5 heteroatoms. The molecule has 4 nitrogen and oxygen atoms in total. The van der Waals surface area contributed by atoms with Crippen molar-refractivity contribution < 1.29 is 4.79 Å². The molecule has 2 N–H and O–H groups in total. The SMILES string of the molecule is CNC(=O)c1ccc(CNC(C)c2scnc2C)cc1. The average Bonchev–Trinajstić information content (AvgIpc) is 2.90. The van der Waals surface area contributed by atoms with E-state index in [4.69, 9.17) is 0 Å². The normalized spacial score (nSPS) is 12.2. The van der Waals surface area contributed by atoms with Gasteiger partial charge in [-0.3, -0.25) is 4.79 Å². The second kappa shape index (κ2) is 6.63. The van der Waals surface area contributed by atoms with Crippen molar-refractivity contribution in [2.45, 2.75) is 26.4 Å². The van der Waals surface area contributed by atoms with E-state index in [0.29, 0.717) is 5.56 Å². The highest BCUT2D eigenvalue weighted by molar-refractivity contribution is 7.09. The molecule has 0 aliphatic rings. The van der Waals surface area contributed by atoms with Gasteiger partial charge in [0.2, 0.25) is 0 Å². The summed E-state index contributed by atoms with van der Waals surface area (Å²) < 4.78 is 0. The number of benzene rings is 1. The second-order valence-corrected chi connectivity index (χ2v) is 5.57. The summed E-state index contributed by atoms with van der Waals surface area (Å²) in [4.78, 5) is 17.0. The van der Waals surface area contributed by atoms with Crippen molar-refractivity contribution in [2.24, 2.45) is 0 Å². The zero-order chi connectivity index (χ0) is 14.5. The number of carbonyl (C=O) groups is 1. The van der Waals surface area contributed by atoms with Crippen molar-refractivity contribution in [1.82, 2.24) is 15.6 Å². The molecule has 0 fully saturated rings. The average molecular weight is 289 g/mol. The number of aryl methyl sites for hydroxylation is 1. The van der Waals surface area contributed by atoms with Gasteiger partial charge in [0.25, 0.3) is 5.91 Å². The molecule has 0 spiro atoms. The fourth-order valence-electron chi connectivity index (χ4n) is 2.01. The Labute approximate surface area is 123 Å². The molecule has 1 amide bonds. The van der Waals surface area contributed by atoms with Crippen LogP contribution >= 0.6 is 11.3 Å². The Kier molecular flexibility index (Phi) is 4.87. The van der Waals surface area contributed by atoms with Crippen LogP contribution in [0.25, 0.3) is 0 Å². The first-order chi connectivity index (χ1) is 9.61. The van der Waals surface area contributed by atoms with Gasteiger partial charge in [-0.1, -0.05) is 12.1 Å². The summed E-state index contributed by atoms with van der Waals surface area (Å²) in [6.07, 6.45) is 0. The Morgan fingerprint density at radius 3 is 2.60 bits per heavy atom. The Hall–Kier alpha value is -1.72. The predicted molar refractivity (Wildman–Crippen MR) is 81.9 cm³/mol. The number of hydrogen-bond donors (Lipinski definition) is 2. The molecule has 1 aromatic heterocycles. The van der Waals surface area contributed by atoms with Gasteiger partial charge < -0.3 is 10.6 Å². The van der Waals surface area contributed by atoms with Crippen LogP contribution in [-0.2, 0) is 6.54 Å². The molecule has 1 unspecified atom stereocenters. The van der Waals surface area contributed by atoms with E-state index >= 15 is 0 Å². The summed E-state index contributed by atoms with van der Waals surface area (Å²) in [6.45, 7) is 4.94. The zero-order valence-electron chi connectivity index (χ0n) is 11.9. The van der Waals surface area contributed by atoms with Crippen molar-refractivity contribution in [3.05, 3.63) is 51.5 Å². The summed E-state index contributed by atoms with van der Waals surface area (Å²) in [7, 11) is 1.64.